The Hall–Kier alpha value is -2.05. The van der Waals surface area contributed by atoms with Crippen LogP contribution in [0, 0.1) is 0 Å². The fraction of sp³-hybridized carbons (Fsp3) is 0.545. The molecular formula is C11H13NO6. The number of ether oxygens (including phenoxy) is 2. The molecule has 0 aromatic carbocycles. The van der Waals surface area contributed by atoms with Crippen molar-refractivity contribution in [3.05, 3.63) is 11.3 Å². The summed E-state index contributed by atoms with van der Waals surface area (Å²) in [4.78, 5) is 34.2. The van der Waals surface area contributed by atoms with Crippen molar-refractivity contribution in [1.82, 2.24) is 5.32 Å². The van der Waals surface area contributed by atoms with Gasteiger partial charge in [-0.3, -0.25) is 0 Å². The highest BCUT2D eigenvalue weighted by atomic mass is 16.7. The lowest BCUT2D eigenvalue weighted by atomic mass is 10.1. The van der Waals surface area contributed by atoms with E-state index in [0.717, 1.165) is 0 Å². The fourth-order valence-corrected chi connectivity index (χ4v) is 1.92. The molecule has 1 atom stereocenters. The third-order valence-corrected chi connectivity index (χ3v) is 2.72. The maximum atomic E-state index is 11.7. The lowest BCUT2D eigenvalue weighted by molar-refractivity contribution is -0.222. The molecule has 98 valence electrons. The van der Waals surface area contributed by atoms with Gasteiger partial charge in [-0.25, -0.2) is 14.4 Å². The first-order chi connectivity index (χ1) is 8.30. The Labute approximate surface area is 103 Å². The summed E-state index contributed by atoms with van der Waals surface area (Å²) in [7, 11) is 0. The first kappa shape index (κ1) is 12.4. The van der Waals surface area contributed by atoms with Crippen LogP contribution in [-0.2, 0) is 23.9 Å². The van der Waals surface area contributed by atoms with Gasteiger partial charge in [-0.15, -0.1) is 0 Å². The second-order valence-electron chi connectivity index (χ2n) is 4.61. The summed E-state index contributed by atoms with van der Waals surface area (Å²) in [5.41, 5.74) is 0.0333. The van der Waals surface area contributed by atoms with Crippen molar-refractivity contribution in [2.24, 2.45) is 0 Å². The van der Waals surface area contributed by atoms with E-state index in [1.807, 2.05) is 0 Å². The summed E-state index contributed by atoms with van der Waals surface area (Å²) in [6, 6.07) is -0.789. The van der Waals surface area contributed by atoms with Crippen LogP contribution in [0.5, 0.6) is 0 Å². The van der Waals surface area contributed by atoms with E-state index < -0.39 is 29.7 Å². The molecule has 0 aromatic rings. The van der Waals surface area contributed by atoms with Gasteiger partial charge in [0.25, 0.3) is 5.79 Å². The molecule has 0 spiro atoms. The van der Waals surface area contributed by atoms with Crippen LogP contribution >= 0.6 is 0 Å². The minimum Gasteiger partial charge on any atom is -0.480 e. The van der Waals surface area contributed by atoms with Gasteiger partial charge in [-0.05, 0) is 12.8 Å². The highest BCUT2D eigenvalue weighted by Gasteiger charge is 2.42. The molecule has 2 aliphatic rings. The zero-order valence-corrected chi connectivity index (χ0v) is 9.98. The van der Waals surface area contributed by atoms with Crippen LogP contribution in [0.4, 0.5) is 0 Å². The van der Waals surface area contributed by atoms with E-state index in [-0.39, 0.29) is 11.3 Å². The molecule has 0 amide bonds. The summed E-state index contributed by atoms with van der Waals surface area (Å²) in [6.07, 6.45) is 0.620. The second-order valence-corrected chi connectivity index (χ2v) is 4.61. The number of hydrogen-bond acceptors (Lipinski definition) is 6. The Morgan fingerprint density at radius 2 is 1.89 bits per heavy atom. The van der Waals surface area contributed by atoms with Crippen LogP contribution in [0.1, 0.15) is 26.7 Å². The Kier molecular flexibility index (Phi) is 2.76. The fourth-order valence-electron chi connectivity index (χ4n) is 1.92. The smallest absolute Gasteiger partial charge is 0.350 e. The molecule has 2 rings (SSSR count). The zero-order valence-electron chi connectivity index (χ0n) is 9.98. The SMILES string of the molecule is CC1(C)OC(=O)C(=C2CC[C@@H](C(=O)O)N2)C(=O)O1. The van der Waals surface area contributed by atoms with Crippen LogP contribution in [0.2, 0.25) is 0 Å². The van der Waals surface area contributed by atoms with E-state index in [4.69, 9.17) is 14.6 Å². The maximum Gasteiger partial charge on any atom is 0.350 e. The molecule has 0 bridgehead atoms. The van der Waals surface area contributed by atoms with Gasteiger partial charge in [0.1, 0.15) is 6.04 Å². The number of carboxylic acid groups (broad SMARTS) is 1. The normalized spacial score (nSPS) is 26.4. The monoisotopic (exact) mass is 255 g/mol. The predicted molar refractivity (Wildman–Crippen MR) is 57.1 cm³/mol. The Bertz CT molecular complexity index is 442. The maximum absolute atomic E-state index is 11.7. The molecular weight excluding hydrogens is 242 g/mol. The number of carboxylic acids is 1. The van der Waals surface area contributed by atoms with Crippen molar-refractivity contribution < 1.29 is 29.0 Å². The van der Waals surface area contributed by atoms with Crippen molar-refractivity contribution in [1.29, 1.82) is 0 Å². The third-order valence-electron chi connectivity index (χ3n) is 2.72. The number of carbonyl (C=O) groups excluding carboxylic acids is 2. The molecule has 0 aliphatic carbocycles. The van der Waals surface area contributed by atoms with Crippen molar-refractivity contribution >= 4 is 17.9 Å². The number of allylic oxidation sites excluding steroid dienone is 1. The largest absolute Gasteiger partial charge is 0.480 e. The van der Waals surface area contributed by atoms with E-state index in [9.17, 15) is 14.4 Å². The number of hydrogen-bond donors (Lipinski definition) is 2. The predicted octanol–water partition coefficient (Wildman–Crippen LogP) is -0.0868. The number of aliphatic carboxylic acids is 1. The number of rotatable bonds is 1. The minimum absolute atomic E-state index is 0.238. The summed E-state index contributed by atoms with van der Waals surface area (Å²) in [5.74, 6) is -3.89. The number of cyclic esters (lactones) is 2. The van der Waals surface area contributed by atoms with E-state index in [2.05, 4.69) is 5.32 Å². The molecule has 0 radical (unpaired) electrons. The van der Waals surface area contributed by atoms with Crippen LogP contribution in [0.25, 0.3) is 0 Å². The van der Waals surface area contributed by atoms with Crippen LogP contribution in [-0.4, -0.2) is 34.8 Å². The summed E-state index contributed by atoms with van der Waals surface area (Å²) >= 11 is 0. The third kappa shape index (κ3) is 2.15. The molecule has 2 fully saturated rings. The number of carbonyl (C=O) groups is 3. The molecule has 2 aliphatic heterocycles. The molecule has 7 nitrogen and oxygen atoms in total. The van der Waals surface area contributed by atoms with Crippen molar-refractivity contribution in [2.75, 3.05) is 0 Å². The van der Waals surface area contributed by atoms with E-state index in [1.54, 1.807) is 0 Å². The second kappa shape index (κ2) is 4.01. The standard InChI is InChI=1S/C11H13NO6/c1-11(2)17-9(15)7(10(16)18-11)5-3-4-6(12-5)8(13)14/h6,12H,3-4H2,1-2H3,(H,13,14)/t6-/m0/s1. The van der Waals surface area contributed by atoms with Gasteiger partial charge in [0.05, 0.1) is 0 Å². The van der Waals surface area contributed by atoms with Gasteiger partial charge in [-0.2, -0.15) is 0 Å². The lowest BCUT2D eigenvalue weighted by Crippen LogP contribution is -2.43. The van der Waals surface area contributed by atoms with E-state index in [1.165, 1.54) is 13.8 Å². The Balaban J connectivity index is 2.26. The first-order valence-electron chi connectivity index (χ1n) is 5.49. The summed E-state index contributed by atoms with van der Waals surface area (Å²) in [5, 5.41) is 11.5. The van der Waals surface area contributed by atoms with Crippen LogP contribution < -0.4 is 5.32 Å². The molecule has 0 saturated carbocycles. The summed E-state index contributed by atoms with van der Waals surface area (Å²) < 4.78 is 9.88. The zero-order chi connectivity index (χ0) is 13.5. The molecule has 2 saturated heterocycles. The topological polar surface area (TPSA) is 102 Å². The highest BCUT2D eigenvalue weighted by Crippen LogP contribution is 2.28. The molecule has 2 N–H and O–H groups in total. The molecule has 0 unspecified atom stereocenters. The van der Waals surface area contributed by atoms with Gasteiger partial charge in [0.15, 0.2) is 5.57 Å². The van der Waals surface area contributed by atoms with E-state index in [0.29, 0.717) is 12.8 Å². The number of esters is 2. The van der Waals surface area contributed by atoms with E-state index >= 15 is 0 Å². The van der Waals surface area contributed by atoms with Crippen molar-refractivity contribution in [3.63, 3.8) is 0 Å². The van der Waals surface area contributed by atoms with Crippen LogP contribution in [0.3, 0.4) is 0 Å². The van der Waals surface area contributed by atoms with Crippen molar-refractivity contribution in [3.8, 4) is 0 Å². The van der Waals surface area contributed by atoms with Gasteiger partial charge in [0, 0.05) is 19.5 Å². The molecule has 2 heterocycles. The average molecular weight is 255 g/mol. The lowest BCUT2D eigenvalue weighted by Gasteiger charge is -2.30. The van der Waals surface area contributed by atoms with Gasteiger partial charge < -0.3 is 19.9 Å². The highest BCUT2D eigenvalue weighted by molar-refractivity contribution is 6.16. The van der Waals surface area contributed by atoms with Gasteiger partial charge >= 0.3 is 17.9 Å². The average Bonchev–Trinajstić information content (AvgIpc) is 2.63. The Morgan fingerprint density at radius 3 is 2.33 bits per heavy atom. The first-order valence-corrected chi connectivity index (χ1v) is 5.49. The quantitative estimate of drug-likeness (QED) is 0.383. The van der Waals surface area contributed by atoms with Crippen LogP contribution in [0.15, 0.2) is 11.3 Å². The van der Waals surface area contributed by atoms with Gasteiger partial charge in [-0.1, -0.05) is 0 Å². The van der Waals surface area contributed by atoms with Gasteiger partial charge in [0.2, 0.25) is 0 Å². The molecule has 18 heavy (non-hydrogen) atoms. The molecule has 0 aromatic heterocycles. The Morgan fingerprint density at radius 1 is 1.33 bits per heavy atom. The van der Waals surface area contributed by atoms with Crippen molar-refractivity contribution in [2.45, 2.75) is 38.5 Å². The minimum atomic E-state index is -1.29. The summed E-state index contributed by atoms with van der Waals surface area (Å²) in [6.45, 7) is 2.90. The molecule has 7 heteroatoms. The number of nitrogens with one attached hydrogen (secondary N) is 1.